The van der Waals surface area contributed by atoms with E-state index in [1.807, 2.05) is 54.6 Å². The zero-order valence-electron chi connectivity index (χ0n) is 21.2. The van der Waals surface area contributed by atoms with E-state index in [9.17, 15) is 9.59 Å². The number of benzene rings is 2. The molecule has 9 heteroatoms. The molecule has 1 saturated heterocycles. The second-order valence-corrected chi connectivity index (χ2v) is 9.10. The molecule has 2 N–H and O–H groups in total. The molecule has 2 aromatic heterocycles. The summed E-state index contributed by atoms with van der Waals surface area (Å²) in [6.07, 6.45) is 1.54. The number of ether oxygens (including phenoxy) is 2. The lowest BCUT2D eigenvalue weighted by atomic mass is 9.99. The van der Waals surface area contributed by atoms with Crippen molar-refractivity contribution in [3.63, 3.8) is 0 Å². The maximum absolute atomic E-state index is 13.4. The predicted molar refractivity (Wildman–Crippen MR) is 141 cm³/mol. The highest BCUT2D eigenvalue weighted by atomic mass is 16.5. The number of ketones is 1. The Bertz CT molecular complexity index is 1370. The average molecular weight is 515 g/mol. The largest absolute Gasteiger partial charge is 0.489 e. The van der Waals surface area contributed by atoms with E-state index < -0.39 is 0 Å². The van der Waals surface area contributed by atoms with E-state index >= 15 is 0 Å². The van der Waals surface area contributed by atoms with Crippen molar-refractivity contribution in [2.45, 2.75) is 13.5 Å². The Hall–Kier alpha value is -4.21. The highest BCUT2D eigenvalue weighted by Gasteiger charge is 2.24. The van der Waals surface area contributed by atoms with Crippen LogP contribution in [0.5, 0.6) is 5.75 Å². The van der Waals surface area contributed by atoms with Crippen molar-refractivity contribution in [2.24, 2.45) is 0 Å². The van der Waals surface area contributed by atoms with Gasteiger partial charge in [-0.15, -0.1) is 0 Å². The van der Waals surface area contributed by atoms with Gasteiger partial charge in [-0.3, -0.25) is 14.5 Å². The Morgan fingerprint density at radius 3 is 2.61 bits per heavy atom. The number of rotatable bonds is 10. The zero-order valence-corrected chi connectivity index (χ0v) is 21.2. The summed E-state index contributed by atoms with van der Waals surface area (Å²) in [5, 5.41) is 7.04. The van der Waals surface area contributed by atoms with Crippen LogP contribution in [-0.2, 0) is 11.3 Å². The van der Waals surface area contributed by atoms with Crippen LogP contribution in [0.15, 0.2) is 71.4 Å². The first-order chi connectivity index (χ1) is 18.6. The van der Waals surface area contributed by atoms with Gasteiger partial charge in [0.15, 0.2) is 5.78 Å². The molecule has 2 aromatic carbocycles. The molecule has 1 aliphatic heterocycles. The lowest BCUT2D eigenvalue weighted by molar-refractivity contribution is 0.0383. The Morgan fingerprint density at radius 2 is 1.84 bits per heavy atom. The number of hydrogen-bond acceptors (Lipinski definition) is 7. The van der Waals surface area contributed by atoms with Crippen molar-refractivity contribution in [3.05, 3.63) is 95.0 Å². The van der Waals surface area contributed by atoms with Gasteiger partial charge in [0.25, 0.3) is 5.91 Å². The molecule has 4 aromatic rings. The molecular formula is C29H30N4O5. The SMILES string of the molecule is Cc1onc(-c2ccc(OCc3ccccc3)cc2)c1C(=O)c1c[nH]c(C(=O)NCCN2CCOCC2)c1. The topological polar surface area (TPSA) is 110 Å². The summed E-state index contributed by atoms with van der Waals surface area (Å²) in [6.45, 7) is 6.58. The Morgan fingerprint density at radius 1 is 1.08 bits per heavy atom. The fraction of sp³-hybridized carbons (Fsp3) is 0.276. The van der Waals surface area contributed by atoms with Crippen molar-refractivity contribution in [1.82, 2.24) is 20.4 Å². The van der Waals surface area contributed by atoms with Gasteiger partial charge < -0.3 is 24.3 Å². The number of carbonyl (C=O) groups excluding carboxylic acids is 2. The third-order valence-electron chi connectivity index (χ3n) is 6.47. The van der Waals surface area contributed by atoms with Crippen molar-refractivity contribution in [1.29, 1.82) is 0 Å². The third kappa shape index (κ3) is 6.01. The van der Waals surface area contributed by atoms with Crippen LogP contribution in [0.2, 0.25) is 0 Å². The van der Waals surface area contributed by atoms with Crippen LogP contribution >= 0.6 is 0 Å². The van der Waals surface area contributed by atoms with Gasteiger partial charge in [-0.1, -0.05) is 35.5 Å². The maximum Gasteiger partial charge on any atom is 0.267 e. The lowest BCUT2D eigenvalue weighted by Crippen LogP contribution is -2.41. The Labute approximate surface area is 220 Å². The summed E-state index contributed by atoms with van der Waals surface area (Å²) >= 11 is 0. The smallest absolute Gasteiger partial charge is 0.267 e. The summed E-state index contributed by atoms with van der Waals surface area (Å²) < 4.78 is 16.6. The van der Waals surface area contributed by atoms with Crippen LogP contribution in [0.4, 0.5) is 0 Å². The van der Waals surface area contributed by atoms with E-state index in [4.69, 9.17) is 14.0 Å². The monoisotopic (exact) mass is 514 g/mol. The van der Waals surface area contributed by atoms with E-state index in [0.29, 0.717) is 60.4 Å². The molecule has 0 spiro atoms. The van der Waals surface area contributed by atoms with Gasteiger partial charge in [0, 0.05) is 43.5 Å². The molecule has 0 atom stereocenters. The fourth-order valence-electron chi connectivity index (χ4n) is 4.33. The van der Waals surface area contributed by atoms with Gasteiger partial charge in [-0.25, -0.2) is 0 Å². The van der Waals surface area contributed by atoms with Crippen molar-refractivity contribution < 1.29 is 23.6 Å². The molecule has 0 saturated carbocycles. The second-order valence-electron chi connectivity index (χ2n) is 9.10. The summed E-state index contributed by atoms with van der Waals surface area (Å²) in [6, 6.07) is 18.9. The van der Waals surface area contributed by atoms with Crippen LogP contribution in [0, 0.1) is 6.92 Å². The van der Waals surface area contributed by atoms with Crippen molar-refractivity contribution in [2.75, 3.05) is 39.4 Å². The highest BCUT2D eigenvalue weighted by Crippen LogP contribution is 2.29. The molecule has 1 amide bonds. The lowest BCUT2D eigenvalue weighted by Gasteiger charge is -2.26. The number of aromatic amines is 1. The second kappa shape index (κ2) is 11.9. The first-order valence-electron chi connectivity index (χ1n) is 12.6. The normalized spacial score (nSPS) is 13.8. The molecule has 0 bridgehead atoms. The number of aryl methyl sites for hydroxylation is 1. The minimum Gasteiger partial charge on any atom is -0.489 e. The molecule has 0 unspecified atom stereocenters. The summed E-state index contributed by atoms with van der Waals surface area (Å²) in [7, 11) is 0. The molecule has 0 aliphatic carbocycles. The van der Waals surface area contributed by atoms with Crippen LogP contribution in [0.1, 0.15) is 37.7 Å². The van der Waals surface area contributed by atoms with Crippen molar-refractivity contribution >= 4 is 11.7 Å². The van der Waals surface area contributed by atoms with E-state index in [2.05, 4.69) is 20.4 Å². The van der Waals surface area contributed by atoms with E-state index in [0.717, 1.165) is 30.8 Å². The fourth-order valence-corrected chi connectivity index (χ4v) is 4.33. The molecule has 3 heterocycles. The van der Waals surface area contributed by atoms with Crippen LogP contribution in [0.25, 0.3) is 11.3 Å². The number of nitrogens with zero attached hydrogens (tertiary/aromatic N) is 2. The summed E-state index contributed by atoms with van der Waals surface area (Å²) in [5.41, 5.74) is 3.30. The van der Waals surface area contributed by atoms with Crippen LogP contribution in [-0.4, -0.2) is 66.1 Å². The molecule has 1 aliphatic rings. The minimum absolute atomic E-state index is 0.259. The molecule has 5 rings (SSSR count). The zero-order chi connectivity index (χ0) is 26.3. The Kier molecular flexibility index (Phi) is 7.96. The molecule has 0 radical (unpaired) electrons. The summed E-state index contributed by atoms with van der Waals surface area (Å²) in [4.78, 5) is 31.2. The van der Waals surface area contributed by atoms with Gasteiger partial charge in [0.2, 0.25) is 0 Å². The molecule has 38 heavy (non-hydrogen) atoms. The van der Waals surface area contributed by atoms with E-state index in [1.165, 1.54) is 6.20 Å². The van der Waals surface area contributed by atoms with Crippen LogP contribution < -0.4 is 10.1 Å². The molecule has 196 valence electrons. The maximum atomic E-state index is 13.4. The number of amides is 1. The first-order valence-corrected chi connectivity index (χ1v) is 12.6. The predicted octanol–water partition coefficient (Wildman–Crippen LogP) is 3.85. The number of morpholine rings is 1. The quantitative estimate of drug-likeness (QED) is 0.309. The summed E-state index contributed by atoms with van der Waals surface area (Å²) in [5.74, 6) is 0.588. The number of aromatic nitrogens is 2. The molecule has 9 nitrogen and oxygen atoms in total. The van der Waals surface area contributed by atoms with E-state index in [1.54, 1.807) is 13.0 Å². The first kappa shape index (κ1) is 25.4. The number of carbonyl (C=O) groups is 2. The van der Waals surface area contributed by atoms with Gasteiger partial charge in [-0.2, -0.15) is 0 Å². The van der Waals surface area contributed by atoms with Crippen molar-refractivity contribution in [3.8, 4) is 17.0 Å². The van der Waals surface area contributed by atoms with E-state index in [-0.39, 0.29) is 11.7 Å². The average Bonchev–Trinajstić information content (AvgIpc) is 3.60. The number of nitrogens with one attached hydrogen (secondary N) is 2. The van der Waals surface area contributed by atoms with Gasteiger partial charge >= 0.3 is 0 Å². The highest BCUT2D eigenvalue weighted by molar-refractivity contribution is 6.13. The Balaban J connectivity index is 1.23. The number of hydrogen-bond donors (Lipinski definition) is 2. The van der Waals surface area contributed by atoms with Gasteiger partial charge in [0.05, 0.1) is 18.8 Å². The van der Waals surface area contributed by atoms with Gasteiger partial charge in [-0.05, 0) is 42.8 Å². The van der Waals surface area contributed by atoms with Crippen LogP contribution in [0.3, 0.4) is 0 Å². The molecule has 1 fully saturated rings. The standard InChI is InChI=1S/C29H30N4O5/c1-20-26(27(32-38-20)22-7-9-24(10-8-22)37-19-21-5-3-2-4-6-21)28(34)23-17-25(31-18-23)29(35)30-11-12-33-13-15-36-16-14-33/h2-10,17-18,31H,11-16,19H2,1H3,(H,30,35). The minimum atomic E-state index is -0.272. The third-order valence-corrected chi connectivity index (χ3v) is 6.47. The van der Waals surface area contributed by atoms with Gasteiger partial charge in [0.1, 0.15) is 29.5 Å². The molecular weight excluding hydrogens is 484 g/mol. The number of H-pyrrole nitrogens is 1.